The van der Waals surface area contributed by atoms with E-state index in [1.807, 2.05) is 18.2 Å². The van der Waals surface area contributed by atoms with Crippen LogP contribution in [0.2, 0.25) is 0 Å². The van der Waals surface area contributed by atoms with Crippen LogP contribution in [0.1, 0.15) is 12.0 Å². The Kier molecular flexibility index (Phi) is 6.41. The summed E-state index contributed by atoms with van der Waals surface area (Å²) in [6.07, 6.45) is 1.87. The maximum atomic E-state index is 12.4. The number of methoxy groups -OCH3 is 2. The van der Waals surface area contributed by atoms with E-state index >= 15 is 0 Å². The minimum Gasteiger partial charge on any atom is -0.497 e. The molecule has 1 aromatic heterocycles. The second-order valence-corrected chi connectivity index (χ2v) is 8.23. The normalized spacial score (nSPS) is 11.3. The predicted molar refractivity (Wildman–Crippen MR) is 132 cm³/mol. The molecule has 4 aromatic rings. The average molecular weight is 527 g/mol. The highest BCUT2D eigenvalue weighted by Crippen LogP contribution is 2.30. The number of rotatable bonds is 7. The molecule has 3 aromatic carbocycles. The molecule has 1 amide bonds. The summed E-state index contributed by atoms with van der Waals surface area (Å²) in [7, 11) is 3.19. The fraction of sp³-hybridized carbons (Fsp3) is 0.167. The minimum absolute atomic E-state index is 0.158. The van der Waals surface area contributed by atoms with E-state index in [1.165, 1.54) is 14.3 Å². The number of carbonyl (C=O) groups is 1. The summed E-state index contributed by atoms with van der Waals surface area (Å²) < 4.78 is 13.9. The Morgan fingerprint density at radius 2 is 1.84 bits per heavy atom. The molecule has 0 saturated carbocycles. The Hall–Kier alpha value is -3.07. The van der Waals surface area contributed by atoms with Crippen LogP contribution in [0.15, 0.2) is 65.8 Å². The zero-order valence-electron chi connectivity index (χ0n) is 17.3. The van der Waals surface area contributed by atoms with E-state index < -0.39 is 0 Å². The largest absolute Gasteiger partial charge is 0.497 e. The summed E-state index contributed by atoms with van der Waals surface area (Å²) in [5.41, 5.74) is 5.57. The first-order valence-corrected chi connectivity index (χ1v) is 10.9. The third-order valence-corrected chi connectivity index (χ3v) is 5.80. The Labute approximate surface area is 194 Å². The van der Waals surface area contributed by atoms with Crippen molar-refractivity contribution in [2.75, 3.05) is 14.2 Å². The highest BCUT2D eigenvalue weighted by Gasteiger charge is 2.12. The van der Waals surface area contributed by atoms with Gasteiger partial charge in [-0.25, -0.2) is 5.43 Å². The molecule has 1 heterocycles. The van der Waals surface area contributed by atoms with Crippen LogP contribution in [0.4, 0.5) is 0 Å². The van der Waals surface area contributed by atoms with Crippen molar-refractivity contribution < 1.29 is 14.3 Å². The summed E-state index contributed by atoms with van der Waals surface area (Å²) in [6.45, 7) is 0.564. The Morgan fingerprint density at radius 1 is 1.03 bits per heavy atom. The van der Waals surface area contributed by atoms with Gasteiger partial charge in [0.15, 0.2) is 0 Å². The van der Waals surface area contributed by atoms with E-state index in [1.54, 1.807) is 32.6 Å². The van der Waals surface area contributed by atoms with E-state index in [-0.39, 0.29) is 5.91 Å². The number of amides is 1. The molecule has 0 saturated heterocycles. The van der Waals surface area contributed by atoms with Gasteiger partial charge in [-0.2, -0.15) is 5.10 Å². The first-order valence-electron chi connectivity index (χ1n) is 9.81. The summed E-state index contributed by atoms with van der Waals surface area (Å²) >= 11 is 2.33. The maximum Gasteiger partial charge on any atom is 0.241 e. The second kappa shape index (κ2) is 9.38. The first kappa shape index (κ1) is 21.2. The van der Waals surface area contributed by atoms with Crippen molar-refractivity contribution in [2.45, 2.75) is 13.0 Å². The van der Waals surface area contributed by atoms with Crippen LogP contribution in [0.25, 0.3) is 21.8 Å². The van der Waals surface area contributed by atoms with Crippen molar-refractivity contribution in [3.05, 3.63) is 69.8 Å². The van der Waals surface area contributed by atoms with Gasteiger partial charge in [0, 0.05) is 43.9 Å². The second-order valence-electron chi connectivity index (χ2n) is 6.98. The van der Waals surface area contributed by atoms with E-state index in [9.17, 15) is 4.79 Å². The number of ether oxygens (including phenoxy) is 2. The van der Waals surface area contributed by atoms with Gasteiger partial charge in [0.1, 0.15) is 11.5 Å². The molecule has 0 aliphatic heterocycles. The van der Waals surface area contributed by atoms with Crippen LogP contribution >= 0.6 is 22.6 Å². The zero-order chi connectivity index (χ0) is 21.8. The third kappa shape index (κ3) is 4.51. The minimum atomic E-state index is -0.158. The molecule has 0 aliphatic rings. The summed E-state index contributed by atoms with van der Waals surface area (Å²) in [4.78, 5) is 12.4. The number of hydrogen-bond donors (Lipinski definition) is 1. The molecule has 0 aliphatic carbocycles. The third-order valence-electron chi connectivity index (χ3n) is 5.13. The highest BCUT2D eigenvalue weighted by atomic mass is 127. The molecule has 0 spiro atoms. The number of para-hydroxylation sites is 1. The lowest BCUT2D eigenvalue weighted by Gasteiger charge is -2.08. The quantitative estimate of drug-likeness (QED) is 0.210. The number of aromatic nitrogens is 1. The van der Waals surface area contributed by atoms with Crippen LogP contribution in [-0.2, 0) is 11.3 Å². The van der Waals surface area contributed by atoms with E-state index in [0.717, 1.165) is 16.6 Å². The van der Waals surface area contributed by atoms with Crippen molar-refractivity contribution in [1.29, 1.82) is 0 Å². The maximum absolute atomic E-state index is 12.4. The van der Waals surface area contributed by atoms with Gasteiger partial charge >= 0.3 is 0 Å². The molecule has 1 N–H and O–H groups in total. The van der Waals surface area contributed by atoms with Gasteiger partial charge in [-0.1, -0.05) is 18.2 Å². The molecule has 0 bridgehead atoms. The standard InChI is InChI=1S/C24H22IN3O3/c1-30-18-8-10-23(31-2)16(13-18)15-26-27-24(29)11-12-28-21-6-4-3-5-19(21)20-14-17(25)7-9-22(20)28/h3-10,13-15H,11-12H2,1-2H3,(H,27,29)/b26-15-. The average Bonchev–Trinajstić information content (AvgIpc) is 3.10. The van der Waals surface area contributed by atoms with Gasteiger partial charge < -0.3 is 14.0 Å². The first-order chi connectivity index (χ1) is 15.1. The molecule has 0 atom stereocenters. The summed E-state index contributed by atoms with van der Waals surface area (Å²) in [5, 5.41) is 6.49. The topological polar surface area (TPSA) is 64.8 Å². The number of hydrogen-bond acceptors (Lipinski definition) is 4. The van der Waals surface area contributed by atoms with Gasteiger partial charge in [0.25, 0.3) is 0 Å². The summed E-state index contributed by atoms with van der Waals surface area (Å²) in [5.74, 6) is 1.18. The van der Waals surface area contributed by atoms with Gasteiger partial charge in [-0.3, -0.25) is 4.79 Å². The van der Waals surface area contributed by atoms with Gasteiger partial charge in [0.05, 0.1) is 20.4 Å². The highest BCUT2D eigenvalue weighted by molar-refractivity contribution is 14.1. The Morgan fingerprint density at radius 3 is 2.65 bits per heavy atom. The summed E-state index contributed by atoms with van der Waals surface area (Å²) in [6, 6.07) is 20.1. The van der Waals surface area contributed by atoms with Gasteiger partial charge in [-0.05, 0) is 65.1 Å². The molecule has 31 heavy (non-hydrogen) atoms. The lowest BCUT2D eigenvalue weighted by molar-refractivity contribution is -0.121. The van der Waals surface area contributed by atoms with Gasteiger partial charge in [-0.15, -0.1) is 0 Å². The van der Waals surface area contributed by atoms with Crippen molar-refractivity contribution in [1.82, 2.24) is 9.99 Å². The van der Waals surface area contributed by atoms with Crippen molar-refractivity contribution in [3.63, 3.8) is 0 Å². The van der Waals surface area contributed by atoms with Crippen LogP contribution < -0.4 is 14.9 Å². The van der Waals surface area contributed by atoms with Crippen LogP contribution in [-0.4, -0.2) is 30.9 Å². The van der Waals surface area contributed by atoms with Crippen molar-refractivity contribution in [3.8, 4) is 11.5 Å². The zero-order valence-corrected chi connectivity index (χ0v) is 19.4. The fourth-order valence-corrected chi connectivity index (χ4v) is 4.14. The van der Waals surface area contributed by atoms with Gasteiger partial charge in [0.2, 0.25) is 5.91 Å². The van der Waals surface area contributed by atoms with Crippen molar-refractivity contribution in [2.24, 2.45) is 5.10 Å². The number of carbonyl (C=O) groups excluding carboxylic acids is 1. The number of aryl methyl sites for hydroxylation is 1. The van der Waals surface area contributed by atoms with Crippen molar-refractivity contribution >= 4 is 56.5 Å². The number of halogens is 1. The molecule has 0 fully saturated rings. The lowest BCUT2D eigenvalue weighted by Crippen LogP contribution is -2.19. The predicted octanol–water partition coefficient (Wildman–Crippen LogP) is 4.96. The van der Waals surface area contributed by atoms with E-state index in [0.29, 0.717) is 24.5 Å². The Balaban J connectivity index is 1.48. The SMILES string of the molecule is COc1ccc(OC)c(/C=N\NC(=O)CCn2c3ccccc3c3cc(I)ccc32)c1. The van der Waals surface area contributed by atoms with Crippen LogP contribution in [0, 0.1) is 3.57 Å². The monoisotopic (exact) mass is 527 g/mol. The lowest BCUT2D eigenvalue weighted by atomic mass is 10.2. The van der Waals surface area contributed by atoms with Crippen LogP contribution in [0.3, 0.4) is 0 Å². The molecular weight excluding hydrogens is 505 g/mol. The Bertz CT molecular complexity index is 1280. The molecule has 4 rings (SSSR count). The number of nitrogens with zero attached hydrogens (tertiary/aromatic N) is 2. The fourth-order valence-electron chi connectivity index (χ4n) is 3.65. The number of nitrogens with one attached hydrogen (secondary N) is 1. The molecule has 0 radical (unpaired) electrons. The molecule has 158 valence electrons. The molecule has 7 heteroatoms. The number of fused-ring (bicyclic) bond motifs is 3. The smallest absolute Gasteiger partial charge is 0.241 e. The van der Waals surface area contributed by atoms with Crippen LogP contribution in [0.5, 0.6) is 11.5 Å². The molecular formula is C24H22IN3O3. The molecule has 6 nitrogen and oxygen atoms in total. The number of benzene rings is 3. The van der Waals surface area contributed by atoms with E-state index in [4.69, 9.17) is 9.47 Å². The van der Waals surface area contributed by atoms with E-state index in [2.05, 4.69) is 68.0 Å². The number of hydrazone groups is 1. The molecule has 0 unspecified atom stereocenters.